The Morgan fingerprint density at radius 2 is 1.90 bits per heavy atom. The second-order valence-electron chi connectivity index (χ2n) is 4.26. The summed E-state index contributed by atoms with van der Waals surface area (Å²) in [6, 6.07) is 7.21. The molecule has 0 aliphatic heterocycles. The van der Waals surface area contributed by atoms with Gasteiger partial charge in [0.05, 0.1) is 11.3 Å². The van der Waals surface area contributed by atoms with Gasteiger partial charge >= 0.3 is 0 Å². The van der Waals surface area contributed by atoms with Crippen molar-refractivity contribution in [3.8, 4) is 0 Å². The van der Waals surface area contributed by atoms with Crippen LogP contribution < -0.4 is 16.4 Å². The molecule has 118 valence electrons. The molecule has 0 aliphatic carbocycles. The first-order valence-electron chi connectivity index (χ1n) is 6.64. The van der Waals surface area contributed by atoms with E-state index >= 15 is 0 Å². The molecule has 0 spiro atoms. The topological polar surface area (TPSA) is 84.2 Å². The molecule has 1 aromatic carbocycles. The van der Waals surface area contributed by atoms with Crippen molar-refractivity contribution < 1.29 is 9.59 Å². The number of nitrogens with one attached hydrogen (secondary N) is 2. The zero-order valence-corrected chi connectivity index (χ0v) is 13.7. The minimum absolute atomic E-state index is 0. The van der Waals surface area contributed by atoms with Crippen LogP contribution >= 0.6 is 24.2 Å². The molecule has 0 bridgehead atoms. The second kappa shape index (κ2) is 11.4. The molecule has 0 saturated heterocycles. The van der Waals surface area contributed by atoms with Gasteiger partial charge in [0, 0.05) is 18.0 Å². The predicted octanol–water partition coefficient (Wildman–Crippen LogP) is 1.42. The Morgan fingerprint density at radius 3 is 2.57 bits per heavy atom. The van der Waals surface area contributed by atoms with Gasteiger partial charge in [-0.1, -0.05) is 19.1 Å². The lowest BCUT2D eigenvalue weighted by atomic mass is 10.2. The fourth-order valence-corrected chi connectivity index (χ4v) is 2.38. The first-order valence-corrected chi connectivity index (χ1v) is 7.62. The van der Waals surface area contributed by atoms with Crippen LogP contribution in [0.2, 0.25) is 0 Å². The van der Waals surface area contributed by atoms with Crippen molar-refractivity contribution in [1.82, 2.24) is 10.6 Å². The molecule has 21 heavy (non-hydrogen) atoms. The Morgan fingerprint density at radius 1 is 1.19 bits per heavy atom. The molecule has 4 N–H and O–H groups in total. The summed E-state index contributed by atoms with van der Waals surface area (Å²) in [5.41, 5.74) is 5.70. The van der Waals surface area contributed by atoms with E-state index in [2.05, 4.69) is 17.6 Å². The number of nitrogens with two attached hydrogens (primary N) is 1. The smallest absolute Gasteiger partial charge is 0.252 e. The van der Waals surface area contributed by atoms with Crippen LogP contribution in [-0.4, -0.2) is 37.2 Å². The van der Waals surface area contributed by atoms with E-state index in [1.54, 1.807) is 12.1 Å². The van der Waals surface area contributed by atoms with Crippen LogP contribution in [0.25, 0.3) is 0 Å². The predicted molar refractivity (Wildman–Crippen MR) is 89.1 cm³/mol. The summed E-state index contributed by atoms with van der Waals surface area (Å²) >= 11 is 1.28. The maximum absolute atomic E-state index is 12.1. The Balaban J connectivity index is 0.00000400. The van der Waals surface area contributed by atoms with Gasteiger partial charge in [0.15, 0.2) is 0 Å². The first kappa shape index (κ1) is 19.8. The van der Waals surface area contributed by atoms with Crippen LogP contribution in [0.5, 0.6) is 0 Å². The van der Waals surface area contributed by atoms with Gasteiger partial charge in [-0.05, 0) is 25.1 Å². The first-order chi connectivity index (χ1) is 9.65. The summed E-state index contributed by atoms with van der Waals surface area (Å²) in [6.45, 7) is 4.36. The van der Waals surface area contributed by atoms with E-state index < -0.39 is 5.91 Å². The van der Waals surface area contributed by atoms with Crippen LogP contribution in [-0.2, 0) is 4.79 Å². The maximum atomic E-state index is 12.1. The van der Waals surface area contributed by atoms with Crippen molar-refractivity contribution in [3.63, 3.8) is 0 Å². The highest BCUT2D eigenvalue weighted by atomic mass is 35.5. The summed E-state index contributed by atoms with van der Waals surface area (Å²) in [5, 5.41) is 6.07. The van der Waals surface area contributed by atoms with Crippen LogP contribution in [0.1, 0.15) is 23.7 Å². The molecule has 0 fully saturated rings. The SMILES string of the molecule is CCCNCCNC(=O)c1ccccc1SCC(N)=O.Cl. The molecular weight excluding hydrogens is 310 g/mol. The largest absolute Gasteiger partial charge is 0.369 e. The van der Waals surface area contributed by atoms with Crippen molar-refractivity contribution in [2.75, 3.05) is 25.4 Å². The zero-order valence-electron chi connectivity index (χ0n) is 12.1. The van der Waals surface area contributed by atoms with Crippen LogP contribution in [0.4, 0.5) is 0 Å². The Kier molecular flexibility index (Phi) is 10.7. The second-order valence-corrected chi connectivity index (χ2v) is 5.27. The average Bonchev–Trinajstić information content (AvgIpc) is 2.45. The molecule has 0 unspecified atom stereocenters. The highest BCUT2D eigenvalue weighted by Crippen LogP contribution is 2.22. The highest BCUT2D eigenvalue weighted by molar-refractivity contribution is 8.00. The average molecular weight is 332 g/mol. The number of primary amides is 1. The number of thioether (sulfide) groups is 1. The summed E-state index contributed by atoms with van der Waals surface area (Å²) in [7, 11) is 0. The van der Waals surface area contributed by atoms with Crippen LogP contribution in [0.15, 0.2) is 29.2 Å². The molecule has 0 heterocycles. The van der Waals surface area contributed by atoms with E-state index in [9.17, 15) is 9.59 Å². The molecule has 0 saturated carbocycles. The molecular formula is C14H22ClN3O2S. The van der Waals surface area contributed by atoms with E-state index in [1.165, 1.54) is 11.8 Å². The fourth-order valence-electron chi connectivity index (χ4n) is 1.59. The number of hydrogen-bond donors (Lipinski definition) is 3. The van der Waals surface area contributed by atoms with Crippen molar-refractivity contribution in [2.24, 2.45) is 5.73 Å². The molecule has 7 heteroatoms. The van der Waals surface area contributed by atoms with Gasteiger partial charge in [-0.15, -0.1) is 24.2 Å². The molecule has 1 aromatic rings. The molecule has 5 nitrogen and oxygen atoms in total. The fraction of sp³-hybridized carbons (Fsp3) is 0.429. The molecule has 0 aromatic heterocycles. The van der Waals surface area contributed by atoms with Gasteiger partial charge in [0.25, 0.3) is 5.91 Å². The Bertz CT molecular complexity index is 458. The van der Waals surface area contributed by atoms with Crippen molar-refractivity contribution in [1.29, 1.82) is 0 Å². The monoisotopic (exact) mass is 331 g/mol. The zero-order chi connectivity index (χ0) is 14.8. The summed E-state index contributed by atoms with van der Waals surface area (Å²) in [5.74, 6) is -0.354. The maximum Gasteiger partial charge on any atom is 0.252 e. The summed E-state index contributed by atoms with van der Waals surface area (Å²) < 4.78 is 0. The Labute approximate surface area is 135 Å². The van der Waals surface area contributed by atoms with E-state index in [4.69, 9.17) is 5.73 Å². The van der Waals surface area contributed by atoms with Crippen molar-refractivity contribution >= 4 is 36.0 Å². The molecule has 0 aliphatic rings. The van der Waals surface area contributed by atoms with Gasteiger partial charge in [-0.25, -0.2) is 0 Å². The van der Waals surface area contributed by atoms with Crippen LogP contribution in [0, 0.1) is 0 Å². The van der Waals surface area contributed by atoms with Gasteiger partial charge in [-0.2, -0.15) is 0 Å². The number of rotatable bonds is 9. The van der Waals surface area contributed by atoms with E-state index in [1.807, 2.05) is 12.1 Å². The standard InChI is InChI=1S/C14H21N3O2S.ClH/c1-2-7-16-8-9-17-14(19)11-5-3-4-6-12(11)20-10-13(15)18;/h3-6,16H,2,7-10H2,1H3,(H2,15,18)(H,17,19);1H. The normalized spacial score (nSPS) is 9.76. The molecule has 1 rings (SSSR count). The highest BCUT2D eigenvalue weighted by Gasteiger charge is 2.11. The minimum Gasteiger partial charge on any atom is -0.369 e. The number of hydrogen-bond acceptors (Lipinski definition) is 4. The summed E-state index contributed by atoms with van der Waals surface area (Å²) in [4.78, 5) is 23.7. The van der Waals surface area contributed by atoms with Gasteiger partial charge in [0.1, 0.15) is 0 Å². The number of halogens is 1. The van der Waals surface area contributed by atoms with Crippen molar-refractivity contribution in [3.05, 3.63) is 29.8 Å². The number of amides is 2. The van der Waals surface area contributed by atoms with Crippen molar-refractivity contribution in [2.45, 2.75) is 18.2 Å². The van der Waals surface area contributed by atoms with E-state index in [0.717, 1.165) is 24.4 Å². The minimum atomic E-state index is -0.394. The lowest BCUT2D eigenvalue weighted by Crippen LogP contribution is -2.32. The van der Waals surface area contributed by atoms with Gasteiger partial charge < -0.3 is 16.4 Å². The number of carbonyl (C=O) groups excluding carboxylic acids is 2. The van der Waals surface area contributed by atoms with E-state index in [0.29, 0.717) is 12.1 Å². The summed E-state index contributed by atoms with van der Waals surface area (Å²) in [6.07, 6.45) is 1.07. The van der Waals surface area contributed by atoms with E-state index in [-0.39, 0.29) is 24.1 Å². The number of benzene rings is 1. The van der Waals surface area contributed by atoms with Gasteiger partial charge in [-0.3, -0.25) is 9.59 Å². The molecule has 0 atom stereocenters. The lowest BCUT2D eigenvalue weighted by molar-refractivity contribution is -0.115. The van der Waals surface area contributed by atoms with Gasteiger partial charge in [0.2, 0.25) is 5.91 Å². The number of carbonyl (C=O) groups is 2. The Hall–Kier alpha value is -1.24. The molecule has 0 radical (unpaired) electrons. The third-order valence-electron chi connectivity index (χ3n) is 2.52. The van der Waals surface area contributed by atoms with Crippen LogP contribution in [0.3, 0.4) is 0 Å². The third-order valence-corrected chi connectivity index (χ3v) is 3.61. The molecule has 2 amide bonds. The lowest BCUT2D eigenvalue weighted by Gasteiger charge is -2.09. The quantitative estimate of drug-likeness (QED) is 0.472. The third kappa shape index (κ3) is 7.94.